The lowest BCUT2D eigenvalue weighted by Gasteiger charge is -2.04. The Morgan fingerprint density at radius 3 is 2.69 bits per heavy atom. The maximum atomic E-state index is 11.2. The Hall–Kier alpha value is -1.47. The van der Waals surface area contributed by atoms with Gasteiger partial charge in [-0.25, -0.2) is 9.78 Å². The zero-order chi connectivity index (χ0) is 12.3. The van der Waals surface area contributed by atoms with Crippen LogP contribution in [0, 0.1) is 6.92 Å². The fourth-order valence-electron chi connectivity index (χ4n) is 1.05. The maximum absolute atomic E-state index is 11.2. The zero-order valence-corrected chi connectivity index (χ0v) is 9.80. The van der Waals surface area contributed by atoms with E-state index in [1.54, 1.807) is 13.8 Å². The molecule has 1 aromatic rings. The minimum Gasteiger partial charge on any atom is -0.476 e. The zero-order valence-electron chi connectivity index (χ0n) is 8.98. The first kappa shape index (κ1) is 12.6. The normalized spacial score (nSPS) is 12.2. The van der Waals surface area contributed by atoms with E-state index >= 15 is 0 Å². The molecule has 16 heavy (non-hydrogen) atoms. The van der Waals surface area contributed by atoms with Crippen molar-refractivity contribution in [1.29, 1.82) is 0 Å². The van der Waals surface area contributed by atoms with Crippen LogP contribution >= 0.6 is 11.3 Å². The number of carboxylic acids is 1. The van der Waals surface area contributed by atoms with E-state index in [1.807, 2.05) is 0 Å². The molecule has 0 aliphatic rings. The highest BCUT2D eigenvalue weighted by atomic mass is 32.1. The summed E-state index contributed by atoms with van der Waals surface area (Å²) in [5.74, 6) is -1.34. The molecule has 1 rings (SSSR count). The van der Waals surface area contributed by atoms with Crippen molar-refractivity contribution in [3.8, 4) is 0 Å². The highest BCUT2D eigenvalue weighted by Gasteiger charge is 2.14. The molecule has 6 nitrogen and oxygen atoms in total. The second-order valence-corrected chi connectivity index (χ2v) is 4.61. The van der Waals surface area contributed by atoms with E-state index in [1.165, 1.54) is 11.3 Å². The number of nitrogens with one attached hydrogen (secondary N) is 1. The number of nitrogens with two attached hydrogens (primary N) is 1. The van der Waals surface area contributed by atoms with Gasteiger partial charge in [-0.3, -0.25) is 4.79 Å². The van der Waals surface area contributed by atoms with Gasteiger partial charge in [-0.05, 0) is 13.8 Å². The number of hydrogen-bond donors (Lipinski definition) is 3. The van der Waals surface area contributed by atoms with Gasteiger partial charge in [0.05, 0.1) is 12.6 Å². The highest BCUT2D eigenvalue weighted by molar-refractivity contribution is 7.11. The Labute approximate surface area is 96.5 Å². The molecule has 88 valence electrons. The van der Waals surface area contributed by atoms with Gasteiger partial charge < -0.3 is 16.2 Å². The molecule has 4 N–H and O–H groups in total. The van der Waals surface area contributed by atoms with Gasteiger partial charge in [0.25, 0.3) is 0 Å². The SMILES string of the molecule is Cc1sc(CNC(=O)C(C)N)nc1C(=O)O. The number of aryl methyl sites for hydroxylation is 1. The fourth-order valence-corrected chi connectivity index (χ4v) is 1.91. The Bertz CT molecular complexity index is 414. The van der Waals surface area contributed by atoms with Crippen molar-refractivity contribution in [2.24, 2.45) is 5.73 Å². The van der Waals surface area contributed by atoms with Crippen molar-refractivity contribution >= 4 is 23.2 Å². The number of thiazole rings is 1. The molecule has 0 spiro atoms. The second-order valence-electron chi connectivity index (χ2n) is 3.32. The quantitative estimate of drug-likeness (QED) is 0.696. The fraction of sp³-hybridized carbons (Fsp3) is 0.444. The van der Waals surface area contributed by atoms with Crippen LogP contribution in [0.3, 0.4) is 0 Å². The predicted octanol–water partition coefficient (Wildman–Crippen LogP) is 0.113. The van der Waals surface area contributed by atoms with E-state index in [0.29, 0.717) is 9.88 Å². The number of carboxylic acid groups (broad SMARTS) is 1. The molecule has 1 aromatic heterocycles. The molecule has 0 aliphatic carbocycles. The van der Waals surface area contributed by atoms with E-state index in [-0.39, 0.29) is 18.1 Å². The summed E-state index contributed by atoms with van der Waals surface area (Å²) in [7, 11) is 0. The largest absolute Gasteiger partial charge is 0.476 e. The van der Waals surface area contributed by atoms with Crippen LogP contribution in [0.2, 0.25) is 0 Å². The summed E-state index contributed by atoms with van der Waals surface area (Å²) in [6.45, 7) is 3.46. The number of rotatable bonds is 4. The minimum absolute atomic E-state index is 0.0371. The van der Waals surface area contributed by atoms with E-state index in [4.69, 9.17) is 10.8 Å². The number of carbonyl (C=O) groups is 2. The van der Waals surface area contributed by atoms with Gasteiger partial charge in [-0.1, -0.05) is 0 Å². The summed E-state index contributed by atoms with van der Waals surface area (Å²) in [5.41, 5.74) is 5.40. The van der Waals surface area contributed by atoms with Crippen LogP contribution in [-0.2, 0) is 11.3 Å². The van der Waals surface area contributed by atoms with Gasteiger partial charge in [0.2, 0.25) is 5.91 Å². The number of nitrogens with zero attached hydrogens (tertiary/aromatic N) is 1. The van der Waals surface area contributed by atoms with Crippen LogP contribution in [0.1, 0.15) is 27.3 Å². The molecule has 0 radical (unpaired) electrons. The Balaban J connectivity index is 2.65. The molecular weight excluding hydrogens is 230 g/mol. The smallest absolute Gasteiger partial charge is 0.355 e. The number of aromatic nitrogens is 1. The third-order valence-corrected chi connectivity index (χ3v) is 2.84. The van der Waals surface area contributed by atoms with E-state index < -0.39 is 12.0 Å². The first-order chi connectivity index (χ1) is 7.41. The minimum atomic E-state index is -1.06. The molecule has 1 amide bonds. The summed E-state index contributed by atoms with van der Waals surface area (Å²) < 4.78 is 0. The summed E-state index contributed by atoms with van der Waals surface area (Å²) in [4.78, 5) is 26.4. The lowest BCUT2D eigenvalue weighted by Crippen LogP contribution is -2.37. The number of amides is 1. The van der Waals surface area contributed by atoms with E-state index in [0.717, 1.165) is 0 Å². The summed E-state index contributed by atoms with van der Waals surface area (Å²) in [6.07, 6.45) is 0. The monoisotopic (exact) mass is 243 g/mol. The second kappa shape index (κ2) is 5.04. The third-order valence-electron chi connectivity index (χ3n) is 1.87. The van der Waals surface area contributed by atoms with Crippen LogP contribution in [0.15, 0.2) is 0 Å². The van der Waals surface area contributed by atoms with Gasteiger partial charge >= 0.3 is 5.97 Å². The van der Waals surface area contributed by atoms with Gasteiger partial charge in [0, 0.05) is 4.88 Å². The van der Waals surface area contributed by atoms with Crippen molar-refractivity contribution in [2.75, 3.05) is 0 Å². The molecule has 7 heteroatoms. The van der Waals surface area contributed by atoms with Gasteiger partial charge in [0.1, 0.15) is 5.01 Å². The standard InChI is InChI=1S/C9H13N3O3S/c1-4(10)8(13)11-3-6-12-7(9(14)15)5(2)16-6/h4H,3,10H2,1-2H3,(H,11,13)(H,14,15). The van der Waals surface area contributed by atoms with Crippen LogP contribution in [-0.4, -0.2) is 28.0 Å². The lowest BCUT2D eigenvalue weighted by atomic mass is 10.3. The Kier molecular flexibility index (Phi) is 3.97. The molecule has 1 heterocycles. The molecule has 1 atom stereocenters. The van der Waals surface area contributed by atoms with Crippen molar-refractivity contribution in [3.05, 3.63) is 15.6 Å². The molecule has 0 bridgehead atoms. The van der Waals surface area contributed by atoms with Gasteiger partial charge in [-0.15, -0.1) is 11.3 Å². The van der Waals surface area contributed by atoms with E-state index in [2.05, 4.69) is 10.3 Å². The van der Waals surface area contributed by atoms with Gasteiger partial charge in [-0.2, -0.15) is 0 Å². The van der Waals surface area contributed by atoms with Crippen LogP contribution in [0.25, 0.3) is 0 Å². The number of aromatic carboxylic acids is 1. The average Bonchev–Trinajstić information content (AvgIpc) is 2.56. The Morgan fingerprint density at radius 1 is 1.62 bits per heavy atom. The molecule has 0 fully saturated rings. The molecule has 1 unspecified atom stereocenters. The topological polar surface area (TPSA) is 105 Å². The molecule has 0 saturated carbocycles. The average molecular weight is 243 g/mol. The lowest BCUT2D eigenvalue weighted by molar-refractivity contribution is -0.122. The van der Waals surface area contributed by atoms with Crippen molar-refractivity contribution < 1.29 is 14.7 Å². The number of hydrogen-bond acceptors (Lipinski definition) is 5. The maximum Gasteiger partial charge on any atom is 0.355 e. The third kappa shape index (κ3) is 3.01. The Morgan fingerprint density at radius 2 is 2.25 bits per heavy atom. The summed E-state index contributed by atoms with van der Waals surface area (Å²) in [6, 6.07) is -0.583. The molecule has 0 aliphatic heterocycles. The first-order valence-corrected chi connectivity index (χ1v) is 5.46. The van der Waals surface area contributed by atoms with E-state index in [9.17, 15) is 9.59 Å². The van der Waals surface area contributed by atoms with Crippen LogP contribution in [0.5, 0.6) is 0 Å². The molecule has 0 aromatic carbocycles. The number of carbonyl (C=O) groups excluding carboxylic acids is 1. The van der Waals surface area contributed by atoms with Gasteiger partial charge in [0.15, 0.2) is 5.69 Å². The van der Waals surface area contributed by atoms with Crippen LogP contribution in [0.4, 0.5) is 0 Å². The molecule has 0 saturated heterocycles. The highest BCUT2D eigenvalue weighted by Crippen LogP contribution is 2.17. The van der Waals surface area contributed by atoms with Crippen molar-refractivity contribution in [3.63, 3.8) is 0 Å². The summed E-state index contributed by atoms with van der Waals surface area (Å²) in [5, 5.41) is 11.9. The summed E-state index contributed by atoms with van der Waals surface area (Å²) >= 11 is 1.25. The predicted molar refractivity (Wildman–Crippen MR) is 59.3 cm³/mol. The first-order valence-electron chi connectivity index (χ1n) is 4.64. The van der Waals surface area contributed by atoms with Crippen LogP contribution < -0.4 is 11.1 Å². The van der Waals surface area contributed by atoms with Crippen molar-refractivity contribution in [2.45, 2.75) is 26.4 Å². The molecular formula is C9H13N3O3S. The van der Waals surface area contributed by atoms with Crippen molar-refractivity contribution in [1.82, 2.24) is 10.3 Å².